The number of fused-ring (bicyclic) bond motifs is 1. The van der Waals surface area contributed by atoms with Gasteiger partial charge in [0.25, 0.3) is 5.56 Å². The van der Waals surface area contributed by atoms with E-state index >= 15 is 0 Å². The summed E-state index contributed by atoms with van der Waals surface area (Å²) < 4.78 is 6.85. The van der Waals surface area contributed by atoms with Gasteiger partial charge in [-0.3, -0.25) is 14.2 Å². The molecule has 1 atom stereocenters. The Morgan fingerprint density at radius 2 is 2.24 bits per heavy atom. The molecule has 1 unspecified atom stereocenters. The van der Waals surface area contributed by atoms with Crippen LogP contribution >= 0.6 is 11.8 Å². The summed E-state index contributed by atoms with van der Waals surface area (Å²) in [6.45, 7) is 4.05. The van der Waals surface area contributed by atoms with Crippen LogP contribution in [0.2, 0.25) is 0 Å². The fraction of sp³-hybridized carbons (Fsp3) is 0.389. The van der Waals surface area contributed by atoms with Crippen LogP contribution in [0.3, 0.4) is 0 Å². The van der Waals surface area contributed by atoms with Crippen molar-refractivity contribution in [3.63, 3.8) is 0 Å². The van der Waals surface area contributed by atoms with Crippen LogP contribution < -0.4 is 15.6 Å². The van der Waals surface area contributed by atoms with Crippen molar-refractivity contribution in [2.24, 2.45) is 0 Å². The average molecular weight is 359 g/mol. The van der Waals surface area contributed by atoms with E-state index in [-0.39, 0.29) is 23.9 Å². The van der Waals surface area contributed by atoms with Crippen LogP contribution in [-0.2, 0) is 11.3 Å². The number of hydrogen-bond acceptors (Lipinski definition) is 5. The molecule has 25 heavy (non-hydrogen) atoms. The van der Waals surface area contributed by atoms with Crippen molar-refractivity contribution in [3.05, 3.63) is 51.4 Å². The smallest absolute Gasteiger partial charge is 0.257 e. The number of benzene rings is 1. The number of nitrogens with zero attached hydrogens (tertiary/aromatic N) is 2. The third kappa shape index (κ3) is 3.71. The van der Waals surface area contributed by atoms with Crippen LogP contribution in [0.25, 0.3) is 0 Å². The molecule has 0 bridgehead atoms. The van der Waals surface area contributed by atoms with E-state index in [9.17, 15) is 9.59 Å². The molecule has 0 saturated carbocycles. The molecule has 0 aliphatic carbocycles. The monoisotopic (exact) mass is 359 g/mol. The quantitative estimate of drug-likeness (QED) is 0.829. The highest BCUT2D eigenvalue weighted by Crippen LogP contribution is 2.32. The second-order valence-corrected chi connectivity index (χ2v) is 7.06. The molecule has 1 aliphatic heterocycles. The van der Waals surface area contributed by atoms with E-state index in [1.54, 1.807) is 18.6 Å². The van der Waals surface area contributed by atoms with Crippen molar-refractivity contribution in [1.82, 2.24) is 14.9 Å². The van der Waals surface area contributed by atoms with Gasteiger partial charge in [0.2, 0.25) is 5.91 Å². The number of carbonyl (C=O) groups excluding carboxylic acids is 1. The normalized spacial score (nSPS) is 15.7. The highest BCUT2D eigenvalue weighted by atomic mass is 32.2. The largest absolute Gasteiger partial charge is 0.497 e. The van der Waals surface area contributed by atoms with E-state index in [1.807, 2.05) is 31.2 Å². The molecule has 132 valence electrons. The number of nitrogens with one attached hydrogen (secondary N) is 1. The Hall–Kier alpha value is -2.28. The van der Waals surface area contributed by atoms with Crippen molar-refractivity contribution in [2.75, 3.05) is 12.9 Å². The number of amides is 1. The molecular formula is C18H21N3O3S. The fourth-order valence-electron chi connectivity index (χ4n) is 2.79. The molecule has 0 spiro atoms. The van der Waals surface area contributed by atoms with Crippen molar-refractivity contribution in [1.29, 1.82) is 0 Å². The highest BCUT2D eigenvalue weighted by Gasteiger charge is 2.28. The second kappa shape index (κ2) is 7.31. The molecule has 7 heteroatoms. The summed E-state index contributed by atoms with van der Waals surface area (Å²) in [4.78, 5) is 29.3. The lowest BCUT2D eigenvalue weighted by atomic mass is 10.2. The second-order valence-electron chi connectivity index (χ2n) is 6.08. The van der Waals surface area contributed by atoms with Crippen LogP contribution in [0.4, 0.5) is 0 Å². The van der Waals surface area contributed by atoms with Gasteiger partial charge in [-0.15, -0.1) is 0 Å². The van der Waals surface area contributed by atoms with Gasteiger partial charge in [0.05, 0.1) is 13.2 Å². The molecule has 0 saturated heterocycles. The molecule has 1 N–H and O–H groups in total. The summed E-state index contributed by atoms with van der Waals surface area (Å²) in [5.74, 6) is 1.38. The SMILES string of the molecule is COc1cccc(CNC(=O)CC2CSc3nc(C)c(C)c(=O)n32)c1. The molecule has 2 aromatic rings. The Balaban J connectivity index is 1.65. The highest BCUT2D eigenvalue weighted by molar-refractivity contribution is 7.99. The molecular weight excluding hydrogens is 338 g/mol. The summed E-state index contributed by atoms with van der Waals surface area (Å²) in [5.41, 5.74) is 2.33. The van der Waals surface area contributed by atoms with Crippen molar-refractivity contribution in [2.45, 2.75) is 38.0 Å². The molecule has 1 aromatic heterocycles. The zero-order chi connectivity index (χ0) is 18.0. The maximum Gasteiger partial charge on any atom is 0.257 e. The van der Waals surface area contributed by atoms with E-state index < -0.39 is 0 Å². The predicted molar refractivity (Wildman–Crippen MR) is 97.2 cm³/mol. The van der Waals surface area contributed by atoms with E-state index in [1.165, 1.54) is 11.8 Å². The summed E-state index contributed by atoms with van der Waals surface area (Å²) >= 11 is 1.53. The van der Waals surface area contributed by atoms with Gasteiger partial charge in [0.1, 0.15) is 5.75 Å². The number of aryl methyl sites for hydroxylation is 1. The van der Waals surface area contributed by atoms with Gasteiger partial charge in [-0.1, -0.05) is 23.9 Å². The Labute approximate surface area is 150 Å². The molecule has 0 fully saturated rings. The molecule has 1 amide bonds. The Morgan fingerprint density at radius 3 is 3.00 bits per heavy atom. The number of aromatic nitrogens is 2. The Morgan fingerprint density at radius 1 is 1.44 bits per heavy atom. The first-order valence-electron chi connectivity index (χ1n) is 8.11. The molecule has 6 nitrogen and oxygen atoms in total. The summed E-state index contributed by atoms with van der Waals surface area (Å²) in [6, 6.07) is 7.43. The molecule has 0 radical (unpaired) electrons. The first-order valence-corrected chi connectivity index (χ1v) is 9.10. The van der Waals surface area contributed by atoms with Gasteiger partial charge in [-0.05, 0) is 31.5 Å². The topological polar surface area (TPSA) is 73.2 Å². The van der Waals surface area contributed by atoms with Gasteiger partial charge in [-0.25, -0.2) is 4.98 Å². The number of hydrogen-bond donors (Lipinski definition) is 1. The van der Waals surface area contributed by atoms with Crippen LogP contribution in [0.1, 0.15) is 29.3 Å². The van der Waals surface area contributed by atoms with Gasteiger partial charge >= 0.3 is 0 Å². The number of ether oxygens (including phenoxy) is 1. The van der Waals surface area contributed by atoms with E-state index in [4.69, 9.17) is 4.74 Å². The first kappa shape index (κ1) is 17.5. The minimum Gasteiger partial charge on any atom is -0.497 e. The lowest BCUT2D eigenvalue weighted by Crippen LogP contribution is -2.31. The summed E-state index contributed by atoms with van der Waals surface area (Å²) in [7, 11) is 1.61. The van der Waals surface area contributed by atoms with Crippen molar-refractivity contribution in [3.8, 4) is 5.75 Å². The minimum absolute atomic E-state index is 0.0434. The third-order valence-electron chi connectivity index (χ3n) is 4.37. The lowest BCUT2D eigenvalue weighted by Gasteiger charge is -2.14. The maximum absolute atomic E-state index is 12.5. The molecule has 1 aromatic carbocycles. The zero-order valence-electron chi connectivity index (χ0n) is 14.5. The van der Waals surface area contributed by atoms with E-state index in [0.717, 1.165) is 17.0 Å². The first-order chi connectivity index (χ1) is 12.0. The third-order valence-corrected chi connectivity index (χ3v) is 5.46. The fourth-order valence-corrected chi connectivity index (χ4v) is 3.97. The number of methoxy groups -OCH3 is 1. The van der Waals surface area contributed by atoms with Crippen LogP contribution in [0.5, 0.6) is 5.75 Å². The predicted octanol–water partition coefficient (Wildman–Crippen LogP) is 2.22. The van der Waals surface area contributed by atoms with E-state index in [0.29, 0.717) is 23.0 Å². The average Bonchev–Trinajstić information content (AvgIpc) is 3.00. The molecule has 3 rings (SSSR count). The Bertz CT molecular complexity index is 863. The lowest BCUT2D eigenvalue weighted by molar-refractivity contribution is -0.121. The number of thioether (sulfide) groups is 1. The van der Waals surface area contributed by atoms with Crippen LogP contribution in [0.15, 0.2) is 34.2 Å². The summed E-state index contributed by atoms with van der Waals surface area (Å²) in [5, 5.41) is 3.62. The molecule has 2 heterocycles. The van der Waals surface area contributed by atoms with Gasteiger partial charge in [0, 0.05) is 30.0 Å². The van der Waals surface area contributed by atoms with Crippen LogP contribution in [0, 0.1) is 13.8 Å². The zero-order valence-corrected chi connectivity index (χ0v) is 15.4. The number of rotatable bonds is 5. The van der Waals surface area contributed by atoms with Crippen LogP contribution in [-0.4, -0.2) is 28.3 Å². The Kier molecular flexibility index (Phi) is 5.13. The maximum atomic E-state index is 12.5. The van der Waals surface area contributed by atoms with Gasteiger partial charge < -0.3 is 10.1 Å². The minimum atomic E-state index is -0.149. The van der Waals surface area contributed by atoms with Gasteiger partial charge in [0.15, 0.2) is 5.16 Å². The van der Waals surface area contributed by atoms with Crippen molar-refractivity contribution < 1.29 is 9.53 Å². The van der Waals surface area contributed by atoms with Gasteiger partial charge in [-0.2, -0.15) is 0 Å². The van der Waals surface area contributed by atoms with E-state index in [2.05, 4.69) is 10.3 Å². The van der Waals surface area contributed by atoms with Crippen molar-refractivity contribution >= 4 is 17.7 Å². The molecule has 1 aliphatic rings. The standard InChI is InChI=1S/C18H21N3O3S/c1-11-12(2)20-18-21(17(11)23)14(10-25-18)8-16(22)19-9-13-5-4-6-15(7-13)24-3/h4-7,14H,8-10H2,1-3H3,(H,19,22). The number of carbonyl (C=O) groups is 1. The summed E-state index contributed by atoms with van der Waals surface area (Å²) in [6.07, 6.45) is 0.272.